The molecule has 4 atom stereocenters. The topological polar surface area (TPSA) is 41.6 Å². The molecule has 0 unspecified atom stereocenters. The van der Waals surface area contributed by atoms with E-state index in [0.717, 1.165) is 38.1 Å². The molecule has 1 N–H and O–H groups in total. The zero-order valence-electron chi connectivity index (χ0n) is 14.0. The van der Waals surface area contributed by atoms with Gasteiger partial charge in [0.2, 0.25) is 5.91 Å². The zero-order chi connectivity index (χ0) is 16.0. The van der Waals surface area contributed by atoms with E-state index < -0.39 is 0 Å². The van der Waals surface area contributed by atoms with Crippen LogP contribution in [0.2, 0.25) is 0 Å². The molecule has 1 amide bonds. The first kappa shape index (κ1) is 15.2. The lowest BCUT2D eigenvalue weighted by molar-refractivity contribution is -0.131. The van der Waals surface area contributed by atoms with Crippen molar-refractivity contribution in [1.29, 1.82) is 0 Å². The summed E-state index contributed by atoms with van der Waals surface area (Å²) < 4.78 is 5.87. The minimum atomic E-state index is -0.0604. The number of anilines is 1. The first-order chi connectivity index (χ1) is 11.1. The quantitative estimate of drug-likeness (QED) is 0.932. The number of ether oxygens (including phenoxy) is 1. The highest BCUT2D eigenvalue weighted by molar-refractivity contribution is 5.97. The number of benzene rings is 1. The predicted molar refractivity (Wildman–Crippen MR) is 90.4 cm³/mol. The third-order valence-electron chi connectivity index (χ3n) is 5.99. The second-order valence-electron chi connectivity index (χ2n) is 7.73. The Bertz CT molecular complexity index is 586. The van der Waals surface area contributed by atoms with E-state index in [1.54, 1.807) is 0 Å². The minimum Gasteiger partial charge on any atom is -0.377 e. The zero-order valence-corrected chi connectivity index (χ0v) is 14.0. The van der Waals surface area contributed by atoms with Gasteiger partial charge in [0.15, 0.2) is 0 Å². The van der Waals surface area contributed by atoms with Crippen LogP contribution in [0.4, 0.5) is 5.69 Å². The van der Waals surface area contributed by atoms with Gasteiger partial charge in [0.25, 0.3) is 0 Å². The average molecular weight is 314 g/mol. The average Bonchev–Trinajstić information content (AvgIpc) is 3.02. The molecule has 0 spiro atoms. The Morgan fingerprint density at radius 1 is 1.22 bits per heavy atom. The molecular weight excluding hydrogens is 288 g/mol. The van der Waals surface area contributed by atoms with E-state index in [9.17, 15) is 4.79 Å². The minimum absolute atomic E-state index is 0.0604. The van der Waals surface area contributed by atoms with Gasteiger partial charge in [0.1, 0.15) is 0 Å². The molecule has 1 aliphatic carbocycles. The summed E-state index contributed by atoms with van der Waals surface area (Å²) in [6.07, 6.45) is 3.47. The van der Waals surface area contributed by atoms with Crippen molar-refractivity contribution in [2.75, 3.05) is 18.1 Å². The van der Waals surface area contributed by atoms with Crippen LogP contribution >= 0.6 is 0 Å². The van der Waals surface area contributed by atoms with Gasteiger partial charge in [-0.15, -0.1) is 0 Å². The van der Waals surface area contributed by atoms with E-state index in [1.165, 1.54) is 0 Å². The summed E-state index contributed by atoms with van der Waals surface area (Å²) >= 11 is 0. The lowest BCUT2D eigenvalue weighted by Crippen LogP contribution is -2.69. The van der Waals surface area contributed by atoms with Gasteiger partial charge in [-0.05, 0) is 31.4 Å². The van der Waals surface area contributed by atoms with Crippen LogP contribution in [0.1, 0.15) is 33.1 Å². The first-order valence-electron chi connectivity index (χ1n) is 8.83. The molecule has 1 aromatic carbocycles. The van der Waals surface area contributed by atoms with E-state index in [-0.39, 0.29) is 17.4 Å². The first-order valence-corrected chi connectivity index (χ1v) is 8.83. The molecule has 4 nitrogen and oxygen atoms in total. The molecule has 0 bridgehead atoms. The van der Waals surface area contributed by atoms with Gasteiger partial charge in [-0.25, -0.2) is 0 Å². The second-order valence-corrected chi connectivity index (χ2v) is 7.73. The normalized spacial score (nSPS) is 35.7. The van der Waals surface area contributed by atoms with Crippen molar-refractivity contribution in [1.82, 2.24) is 5.32 Å². The highest BCUT2D eigenvalue weighted by Crippen LogP contribution is 2.52. The molecule has 124 valence electrons. The van der Waals surface area contributed by atoms with Crippen LogP contribution in [0.5, 0.6) is 0 Å². The molecule has 0 radical (unpaired) electrons. The smallest absolute Gasteiger partial charge is 0.244 e. The molecule has 23 heavy (non-hydrogen) atoms. The Balaban J connectivity index is 1.48. The van der Waals surface area contributed by atoms with Gasteiger partial charge in [0.05, 0.1) is 12.1 Å². The number of nitrogens with zero attached hydrogens (tertiary/aromatic N) is 1. The van der Waals surface area contributed by atoms with Crippen LogP contribution in [-0.2, 0) is 9.53 Å². The molecule has 1 aromatic rings. The van der Waals surface area contributed by atoms with Gasteiger partial charge < -0.3 is 15.0 Å². The summed E-state index contributed by atoms with van der Waals surface area (Å²) in [7, 11) is 0. The van der Waals surface area contributed by atoms with Crippen molar-refractivity contribution in [3.63, 3.8) is 0 Å². The lowest BCUT2D eigenvalue weighted by atomic mass is 9.57. The Hall–Kier alpha value is -1.39. The summed E-state index contributed by atoms with van der Waals surface area (Å²) in [6, 6.07) is 10.4. The summed E-state index contributed by atoms with van der Waals surface area (Å²) in [6.45, 7) is 6.22. The maximum Gasteiger partial charge on any atom is 0.244 e. The largest absolute Gasteiger partial charge is 0.377 e. The van der Waals surface area contributed by atoms with Crippen LogP contribution < -0.4 is 10.2 Å². The number of hydrogen-bond donors (Lipinski definition) is 1. The molecule has 2 aliphatic heterocycles. The molecular formula is C19H26N2O2. The maximum atomic E-state index is 12.9. The van der Waals surface area contributed by atoms with E-state index in [2.05, 4.69) is 19.2 Å². The standard InChI is InChI=1S/C19H26N2O2/c1-19(2)16(14-10-12-23-17(14)19)20-15-9-6-11-21(18(15)22)13-7-4-3-5-8-13/h3-5,7-8,14-17,20H,6,9-12H2,1-2H3/t14-,15-,16-,17-/m1/s1. The van der Waals surface area contributed by atoms with E-state index in [0.29, 0.717) is 18.1 Å². The van der Waals surface area contributed by atoms with Crippen molar-refractivity contribution >= 4 is 11.6 Å². The fourth-order valence-electron chi connectivity index (χ4n) is 4.77. The Kier molecular flexibility index (Phi) is 3.69. The maximum absolute atomic E-state index is 12.9. The van der Waals surface area contributed by atoms with Gasteiger partial charge in [-0.3, -0.25) is 4.79 Å². The molecule has 2 heterocycles. The summed E-state index contributed by atoms with van der Waals surface area (Å²) in [4.78, 5) is 14.9. The number of rotatable bonds is 3. The van der Waals surface area contributed by atoms with Crippen molar-refractivity contribution in [2.45, 2.75) is 51.3 Å². The third-order valence-corrected chi connectivity index (χ3v) is 5.99. The molecule has 3 aliphatic rings. The second kappa shape index (κ2) is 5.60. The SMILES string of the molecule is CC1(C)[C@H](N[C@@H]2CCCN(c3ccccc3)C2=O)[C@H]2CCO[C@H]21. The Morgan fingerprint density at radius 2 is 2.00 bits per heavy atom. The lowest BCUT2D eigenvalue weighted by Gasteiger charge is -2.56. The van der Waals surface area contributed by atoms with Crippen LogP contribution in [0, 0.1) is 11.3 Å². The Morgan fingerprint density at radius 3 is 2.78 bits per heavy atom. The molecule has 3 fully saturated rings. The Labute approximate surface area is 138 Å². The number of carbonyl (C=O) groups excluding carboxylic acids is 1. The fourth-order valence-corrected chi connectivity index (χ4v) is 4.77. The highest BCUT2D eigenvalue weighted by Gasteiger charge is 2.59. The van der Waals surface area contributed by atoms with Crippen LogP contribution in [0.15, 0.2) is 30.3 Å². The van der Waals surface area contributed by atoms with E-state index >= 15 is 0 Å². The fraction of sp³-hybridized carbons (Fsp3) is 0.632. The van der Waals surface area contributed by atoms with Crippen molar-refractivity contribution in [3.05, 3.63) is 30.3 Å². The van der Waals surface area contributed by atoms with Crippen LogP contribution in [0.3, 0.4) is 0 Å². The summed E-state index contributed by atoms with van der Waals surface area (Å²) in [5.41, 5.74) is 1.13. The molecule has 2 saturated heterocycles. The summed E-state index contributed by atoms with van der Waals surface area (Å²) in [5.74, 6) is 0.797. The third kappa shape index (κ3) is 2.39. The van der Waals surface area contributed by atoms with Crippen LogP contribution in [0.25, 0.3) is 0 Å². The van der Waals surface area contributed by atoms with Crippen LogP contribution in [-0.4, -0.2) is 37.2 Å². The van der Waals surface area contributed by atoms with E-state index in [4.69, 9.17) is 4.74 Å². The van der Waals surface area contributed by atoms with Gasteiger partial charge in [-0.2, -0.15) is 0 Å². The molecule has 4 rings (SSSR count). The van der Waals surface area contributed by atoms with Crippen molar-refractivity contribution < 1.29 is 9.53 Å². The van der Waals surface area contributed by atoms with Gasteiger partial charge in [-0.1, -0.05) is 32.0 Å². The molecule has 0 aromatic heterocycles. The number of amides is 1. The number of fused-ring (bicyclic) bond motifs is 1. The molecule has 1 saturated carbocycles. The van der Waals surface area contributed by atoms with Crippen molar-refractivity contribution in [2.24, 2.45) is 11.3 Å². The monoisotopic (exact) mass is 314 g/mol. The number of piperidine rings is 1. The van der Waals surface area contributed by atoms with Gasteiger partial charge >= 0.3 is 0 Å². The highest BCUT2D eigenvalue weighted by atomic mass is 16.5. The number of nitrogens with one attached hydrogen (secondary N) is 1. The summed E-state index contributed by atoms with van der Waals surface area (Å²) in [5, 5.41) is 3.70. The number of carbonyl (C=O) groups is 1. The number of para-hydroxylation sites is 1. The van der Waals surface area contributed by atoms with Crippen molar-refractivity contribution in [3.8, 4) is 0 Å². The predicted octanol–water partition coefficient (Wildman–Crippen LogP) is 2.59. The molecule has 4 heteroatoms. The van der Waals surface area contributed by atoms with E-state index in [1.807, 2.05) is 35.2 Å². The van der Waals surface area contributed by atoms with Gasteiger partial charge in [0, 0.05) is 36.2 Å². The number of hydrogen-bond acceptors (Lipinski definition) is 3.